The van der Waals surface area contributed by atoms with Gasteiger partial charge in [0, 0.05) is 37.6 Å². The fourth-order valence-corrected chi connectivity index (χ4v) is 3.96. The van der Waals surface area contributed by atoms with Gasteiger partial charge in [-0.3, -0.25) is 14.4 Å². The number of nitrogens with one attached hydrogen (secondary N) is 1. The van der Waals surface area contributed by atoms with Gasteiger partial charge >= 0.3 is 12.1 Å². The van der Waals surface area contributed by atoms with Gasteiger partial charge in [0.25, 0.3) is 5.91 Å². The minimum Gasteiger partial charge on any atom is -0.496 e. The number of ether oxygens (including phenoxy) is 3. The minimum absolute atomic E-state index is 0.0460. The second-order valence-electron chi connectivity index (χ2n) is 9.55. The van der Waals surface area contributed by atoms with E-state index < -0.39 is 35.5 Å². The van der Waals surface area contributed by atoms with Crippen LogP contribution in [0.25, 0.3) is 10.9 Å². The molecule has 0 spiro atoms. The number of nitrogens with zero attached hydrogens (tertiary/aromatic N) is 3. The first kappa shape index (κ1) is 27.7. The number of benzene rings is 1. The number of carbonyl (C=O) groups is 4. The number of aromatic nitrogens is 1. The van der Waals surface area contributed by atoms with Crippen molar-refractivity contribution in [2.45, 2.75) is 45.8 Å². The van der Waals surface area contributed by atoms with Crippen LogP contribution in [0, 0.1) is 0 Å². The topological polar surface area (TPSA) is 127 Å². The largest absolute Gasteiger partial charge is 0.496 e. The molecule has 11 heteroatoms. The Morgan fingerprint density at radius 3 is 2.32 bits per heavy atom. The zero-order valence-corrected chi connectivity index (χ0v) is 21.9. The number of methoxy groups -OCH3 is 1. The Hall–Kier alpha value is -3.89. The number of carbonyl (C=O) groups excluding carboxylic acids is 4. The van der Waals surface area contributed by atoms with Crippen molar-refractivity contribution in [2.24, 2.45) is 0 Å². The Morgan fingerprint density at radius 2 is 1.70 bits per heavy atom. The number of para-hydroxylation sites is 1. The SMILES string of the molecule is CCOC(=O)N1CCN(C(=O)C(CC(=O)OC(C)(C)C)NC(=O)c2cc(OC)c3ccccc3n2)CC1. The van der Waals surface area contributed by atoms with Gasteiger partial charge in [-0.15, -0.1) is 0 Å². The van der Waals surface area contributed by atoms with Crippen molar-refractivity contribution < 1.29 is 33.4 Å². The number of piperazine rings is 1. The number of rotatable bonds is 7. The van der Waals surface area contributed by atoms with Gasteiger partial charge in [-0.1, -0.05) is 12.1 Å². The third kappa shape index (κ3) is 7.31. The molecule has 0 bridgehead atoms. The third-order valence-corrected chi connectivity index (χ3v) is 5.64. The van der Waals surface area contributed by atoms with Crippen molar-refractivity contribution in [1.29, 1.82) is 0 Å². The molecule has 3 amide bonds. The molecule has 0 radical (unpaired) electrons. The molecule has 1 unspecified atom stereocenters. The lowest BCUT2D eigenvalue weighted by Crippen LogP contribution is -2.56. The number of fused-ring (bicyclic) bond motifs is 1. The molecule has 2 aromatic rings. The van der Waals surface area contributed by atoms with E-state index in [0.29, 0.717) is 11.3 Å². The first-order valence-corrected chi connectivity index (χ1v) is 12.2. The van der Waals surface area contributed by atoms with Crippen molar-refractivity contribution in [1.82, 2.24) is 20.1 Å². The highest BCUT2D eigenvalue weighted by Gasteiger charge is 2.33. The molecule has 1 aliphatic rings. The van der Waals surface area contributed by atoms with E-state index in [4.69, 9.17) is 14.2 Å². The molecule has 200 valence electrons. The van der Waals surface area contributed by atoms with Crippen molar-refractivity contribution in [3.8, 4) is 5.75 Å². The predicted molar refractivity (Wildman–Crippen MR) is 135 cm³/mol. The maximum atomic E-state index is 13.4. The summed E-state index contributed by atoms with van der Waals surface area (Å²) in [5.41, 5.74) is -0.158. The molecule has 1 aromatic heterocycles. The second kappa shape index (κ2) is 11.9. The third-order valence-electron chi connectivity index (χ3n) is 5.64. The summed E-state index contributed by atoms with van der Waals surface area (Å²) >= 11 is 0. The number of hydrogen-bond acceptors (Lipinski definition) is 8. The van der Waals surface area contributed by atoms with Crippen molar-refractivity contribution in [3.63, 3.8) is 0 Å². The summed E-state index contributed by atoms with van der Waals surface area (Å²) in [5.74, 6) is -1.24. The van der Waals surface area contributed by atoms with Crippen LogP contribution in [0.15, 0.2) is 30.3 Å². The van der Waals surface area contributed by atoms with E-state index in [1.165, 1.54) is 23.0 Å². The lowest BCUT2D eigenvalue weighted by Gasteiger charge is -2.36. The van der Waals surface area contributed by atoms with E-state index in [9.17, 15) is 19.2 Å². The van der Waals surface area contributed by atoms with E-state index in [0.717, 1.165) is 5.39 Å². The van der Waals surface area contributed by atoms with Gasteiger partial charge in [0.2, 0.25) is 5.91 Å². The van der Waals surface area contributed by atoms with Gasteiger partial charge in [-0.25, -0.2) is 9.78 Å². The summed E-state index contributed by atoms with van der Waals surface area (Å²) in [5, 5.41) is 3.40. The van der Waals surface area contributed by atoms with E-state index in [2.05, 4.69) is 10.3 Å². The van der Waals surface area contributed by atoms with E-state index in [-0.39, 0.29) is 44.9 Å². The molecule has 1 N–H and O–H groups in total. The molecular weight excluding hydrogens is 480 g/mol. The first-order valence-electron chi connectivity index (χ1n) is 12.2. The molecule has 0 aliphatic carbocycles. The Labute approximate surface area is 216 Å². The van der Waals surface area contributed by atoms with Crippen molar-refractivity contribution in [2.75, 3.05) is 39.9 Å². The first-order chi connectivity index (χ1) is 17.5. The van der Waals surface area contributed by atoms with Crippen LogP contribution in [0.3, 0.4) is 0 Å². The highest BCUT2D eigenvalue weighted by atomic mass is 16.6. The molecule has 37 heavy (non-hydrogen) atoms. The van der Waals surface area contributed by atoms with Crippen LogP contribution >= 0.6 is 0 Å². The summed E-state index contributed by atoms with van der Waals surface area (Å²) in [6, 6.07) is 7.51. The Balaban J connectivity index is 1.79. The number of esters is 1. The second-order valence-corrected chi connectivity index (χ2v) is 9.55. The molecule has 1 saturated heterocycles. The lowest BCUT2D eigenvalue weighted by molar-refractivity contribution is -0.157. The van der Waals surface area contributed by atoms with Crippen LogP contribution < -0.4 is 10.1 Å². The quantitative estimate of drug-likeness (QED) is 0.558. The van der Waals surface area contributed by atoms with Crippen LogP contribution in [0.5, 0.6) is 5.75 Å². The summed E-state index contributed by atoms with van der Waals surface area (Å²) < 4.78 is 15.8. The number of amides is 3. The van der Waals surface area contributed by atoms with Crippen LogP contribution in [0.1, 0.15) is 44.6 Å². The standard InChI is InChI=1S/C26H34N4O7/c1-6-36-25(34)30-13-11-29(12-14-30)24(33)20(16-22(31)37-26(2,3)4)28-23(32)19-15-21(35-5)17-9-7-8-10-18(17)27-19/h7-10,15,20H,6,11-14,16H2,1-5H3,(H,28,32). The molecule has 2 heterocycles. The maximum Gasteiger partial charge on any atom is 0.409 e. The number of pyridine rings is 1. The van der Waals surface area contributed by atoms with E-state index in [1.807, 2.05) is 12.1 Å². The highest BCUT2D eigenvalue weighted by Crippen LogP contribution is 2.25. The van der Waals surface area contributed by atoms with Crippen LogP contribution in [0.2, 0.25) is 0 Å². The van der Waals surface area contributed by atoms with Gasteiger partial charge in [-0.2, -0.15) is 0 Å². The van der Waals surface area contributed by atoms with Crippen molar-refractivity contribution >= 4 is 34.8 Å². The van der Waals surface area contributed by atoms with Crippen LogP contribution in [0.4, 0.5) is 4.79 Å². The normalized spacial score (nSPS) is 14.6. The molecule has 0 saturated carbocycles. The molecule has 11 nitrogen and oxygen atoms in total. The van der Waals surface area contributed by atoms with Gasteiger partial charge in [0.1, 0.15) is 23.1 Å². The summed E-state index contributed by atoms with van der Waals surface area (Å²) in [6.45, 7) is 8.18. The summed E-state index contributed by atoms with van der Waals surface area (Å²) in [4.78, 5) is 58.7. The van der Waals surface area contributed by atoms with Crippen LogP contribution in [-0.4, -0.2) is 90.2 Å². The van der Waals surface area contributed by atoms with E-state index >= 15 is 0 Å². The van der Waals surface area contributed by atoms with Gasteiger partial charge < -0.3 is 29.3 Å². The Morgan fingerprint density at radius 1 is 1.05 bits per heavy atom. The average Bonchev–Trinajstić information content (AvgIpc) is 2.86. The Bertz CT molecular complexity index is 1150. The highest BCUT2D eigenvalue weighted by molar-refractivity contribution is 6.00. The summed E-state index contributed by atoms with van der Waals surface area (Å²) in [6.07, 6.45) is -0.797. The fraction of sp³-hybridized carbons (Fsp3) is 0.500. The lowest BCUT2D eigenvalue weighted by atomic mass is 10.1. The van der Waals surface area contributed by atoms with E-state index in [1.54, 1.807) is 39.8 Å². The molecule has 3 rings (SSSR count). The fourth-order valence-electron chi connectivity index (χ4n) is 3.96. The maximum absolute atomic E-state index is 13.4. The zero-order valence-electron chi connectivity index (χ0n) is 21.9. The molecule has 1 fully saturated rings. The van der Waals surface area contributed by atoms with Gasteiger partial charge in [-0.05, 0) is 39.8 Å². The smallest absolute Gasteiger partial charge is 0.409 e. The van der Waals surface area contributed by atoms with Gasteiger partial charge in [0.05, 0.1) is 25.7 Å². The average molecular weight is 515 g/mol. The van der Waals surface area contributed by atoms with Gasteiger partial charge in [0.15, 0.2) is 0 Å². The van der Waals surface area contributed by atoms with Crippen molar-refractivity contribution in [3.05, 3.63) is 36.0 Å². The molecular formula is C26H34N4O7. The molecule has 1 atom stereocenters. The Kier molecular flexibility index (Phi) is 8.90. The predicted octanol–water partition coefficient (Wildman–Crippen LogP) is 2.37. The van der Waals surface area contributed by atoms with Crippen LogP contribution in [-0.2, 0) is 19.1 Å². The molecule has 1 aliphatic heterocycles. The molecule has 1 aromatic carbocycles. The monoisotopic (exact) mass is 514 g/mol. The minimum atomic E-state index is -1.18. The number of hydrogen-bond donors (Lipinski definition) is 1. The zero-order chi connectivity index (χ0) is 27.2. The summed E-state index contributed by atoms with van der Waals surface area (Å²) in [7, 11) is 1.49.